The second-order valence-corrected chi connectivity index (χ2v) is 4.98. The normalized spacial score (nSPS) is 14.3. The molecule has 0 aromatic heterocycles. The van der Waals surface area contributed by atoms with Crippen molar-refractivity contribution < 1.29 is 14.7 Å². The number of hydrogen-bond acceptors (Lipinski definition) is 4. The Morgan fingerprint density at radius 2 is 1.91 bits per heavy atom. The molecule has 2 N–H and O–H groups in total. The topological polar surface area (TPSA) is 96.7 Å². The van der Waals surface area contributed by atoms with Gasteiger partial charge in [-0.05, 0) is 12.1 Å². The Bertz CT molecular complexity index is 589. The molecule has 0 spiro atoms. The number of benzene rings is 1. The van der Waals surface area contributed by atoms with Crippen molar-refractivity contribution in [3.63, 3.8) is 0 Å². The SMILES string of the molecule is N#Cc1ccccc1N1CCN(C(=O)NCCC(=O)O)CC1. The van der Waals surface area contributed by atoms with Gasteiger partial charge in [-0.1, -0.05) is 12.1 Å². The molecular formula is C15H18N4O3. The molecule has 22 heavy (non-hydrogen) atoms. The quantitative estimate of drug-likeness (QED) is 0.860. The molecule has 2 amide bonds. The van der Waals surface area contributed by atoms with Gasteiger partial charge >= 0.3 is 12.0 Å². The van der Waals surface area contributed by atoms with E-state index in [-0.39, 0.29) is 19.0 Å². The summed E-state index contributed by atoms with van der Waals surface area (Å²) < 4.78 is 0. The van der Waals surface area contributed by atoms with Crippen LogP contribution >= 0.6 is 0 Å². The van der Waals surface area contributed by atoms with Crippen LogP contribution in [-0.2, 0) is 4.79 Å². The van der Waals surface area contributed by atoms with E-state index >= 15 is 0 Å². The van der Waals surface area contributed by atoms with Gasteiger partial charge in [0.15, 0.2) is 0 Å². The van der Waals surface area contributed by atoms with Crippen LogP contribution in [0.2, 0.25) is 0 Å². The van der Waals surface area contributed by atoms with Crippen molar-refractivity contribution in [1.29, 1.82) is 5.26 Å². The van der Waals surface area contributed by atoms with Gasteiger partial charge in [0.1, 0.15) is 6.07 Å². The number of hydrogen-bond donors (Lipinski definition) is 2. The maximum absolute atomic E-state index is 11.9. The molecule has 1 heterocycles. The van der Waals surface area contributed by atoms with Crippen molar-refractivity contribution in [3.8, 4) is 6.07 Å². The van der Waals surface area contributed by atoms with Gasteiger partial charge in [-0.2, -0.15) is 5.26 Å². The van der Waals surface area contributed by atoms with Crippen LogP contribution in [0.25, 0.3) is 0 Å². The zero-order valence-electron chi connectivity index (χ0n) is 12.2. The zero-order chi connectivity index (χ0) is 15.9. The standard InChI is InChI=1S/C15H18N4O3/c16-11-12-3-1-2-4-13(12)18-7-9-19(10-8-18)15(22)17-6-5-14(20)21/h1-4H,5-10H2,(H,17,22)(H,20,21). The summed E-state index contributed by atoms with van der Waals surface area (Å²) in [6, 6.07) is 9.33. The number of anilines is 1. The Morgan fingerprint density at radius 3 is 2.55 bits per heavy atom. The molecule has 0 atom stereocenters. The maximum Gasteiger partial charge on any atom is 0.317 e. The monoisotopic (exact) mass is 302 g/mol. The zero-order valence-corrected chi connectivity index (χ0v) is 12.2. The molecule has 1 saturated heterocycles. The number of piperazine rings is 1. The molecule has 1 aliphatic rings. The molecule has 0 unspecified atom stereocenters. The number of urea groups is 1. The fourth-order valence-electron chi connectivity index (χ4n) is 2.38. The minimum Gasteiger partial charge on any atom is -0.481 e. The third-order valence-corrected chi connectivity index (χ3v) is 3.55. The van der Waals surface area contributed by atoms with Crippen molar-refractivity contribution in [3.05, 3.63) is 29.8 Å². The van der Waals surface area contributed by atoms with E-state index in [9.17, 15) is 9.59 Å². The third-order valence-electron chi connectivity index (χ3n) is 3.55. The third kappa shape index (κ3) is 3.88. The molecule has 1 aliphatic heterocycles. The van der Waals surface area contributed by atoms with E-state index in [1.165, 1.54) is 0 Å². The fraction of sp³-hybridized carbons (Fsp3) is 0.400. The molecule has 2 rings (SSSR count). The number of amides is 2. The van der Waals surface area contributed by atoms with E-state index in [4.69, 9.17) is 10.4 Å². The molecule has 1 fully saturated rings. The van der Waals surface area contributed by atoms with Crippen LogP contribution in [0.1, 0.15) is 12.0 Å². The smallest absolute Gasteiger partial charge is 0.317 e. The van der Waals surface area contributed by atoms with Gasteiger partial charge in [0.25, 0.3) is 0 Å². The first-order valence-corrected chi connectivity index (χ1v) is 7.10. The molecule has 0 radical (unpaired) electrons. The van der Waals surface area contributed by atoms with Crippen LogP contribution in [0, 0.1) is 11.3 Å². The summed E-state index contributed by atoms with van der Waals surface area (Å²) in [5.41, 5.74) is 1.51. The molecule has 0 bridgehead atoms. The first-order valence-electron chi connectivity index (χ1n) is 7.10. The number of para-hydroxylation sites is 1. The van der Waals surface area contributed by atoms with Gasteiger partial charge < -0.3 is 20.2 Å². The summed E-state index contributed by atoms with van der Waals surface area (Å²) in [4.78, 5) is 26.1. The van der Waals surface area contributed by atoms with Gasteiger partial charge in [-0.15, -0.1) is 0 Å². The Hall–Kier alpha value is -2.75. The largest absolute Gasteiger partial charge is 0.481 e. The maximum atomic E-state index is 11.9. The van der Waals surface area contributed by atoms with Crippen molar-refractivity contribution in [2.45, 2.75) is 6.42 Å². The van der Waals surface area contributed by atoms with E-state index < -0.39 is 5.97 Å². The van der Waals surface area contributed by atoms with E-state index in [0.717, 1.165) is 5.69 Å². The first-order chi connectivity index (χ1) is 10.6. The van der Waals surface area contributed by atoms with Gasteiger partial charge in [-0.3, -0.25) is 4.79 Å². The predicted molar refractivity (Wildman–Crippen MR) is 80.6 cm³/mol. The number of carbonyl (C=O) groups excluding carboxylic acids is 1. The predicted octanol–water partition coefficient (Wildman–Crippen LogP) is 0.865. The summed E-state index contributed by atoms with van der Waals surface area (Å²) in [5.74, 6) is -0.932. The fourth-order valence-corrected chi connectivity index (χ4v) is 2.38. The molecular weight excluding hydrogens is 284 g/mol. The molecule has 1 aromatic carbocycles. The Labute approximate surface area is 128 Å². The van der Waals surface area contributed by atoms with Crippen LogP contribution in [0.4, 0.5) is 10.5 Å². The number of carbonyl (C=O) groups is 2. The van der Waals surface area contributed by atoms with Crippen LogP contribution in [0.5, 0.6) is 0 Å². The summed E-state index contributed by atoms with van der Waals surface area (Å²) >= 11 is 0. The summed E-state index contributed by atoms with van der Waals surface area (Å²) in [6.45, 7) is 2.50. The summed E-state index contributed by atoms with van der Waals surface area (Å²) in [7, 11) is 0. The van der Waals surface area contributed by atoms with E-state index in [0.29, 0.717) is 31.7 Å². The van der Waals surface area contributed by atoms with E-state index in [1.54, 1.807) is 11.0 Å². The minimum absolute atomic E-state index is 0.0821. The molecule has 116 valence electrons. The van der Waals surface area contributed by atoms with Crippen molar-refractivity contribution >= 4 is 17.7 Å². The lowest BCUT2D eigenvalue weighted by Gasteiger charge is -2.36. The number of nitrogens with zero attached hydrogens (tertiary/aromatic N) is 3. The van der Waals surface area contributed by atoms with Crippen molar-refractivity contribution in [1.82, 2.24) is 10.2 Å². The second kappa shape index (κ2) is 7.31. The highest BCUT2D eigenvalue weighted by Crippen LogP contribution is 2.20. The second-order valence-electron chi connectivity index (χ2n) is 4.98. The Balaban J connectivity index is 1.86. The average molecular weight is 302 g/mol. The van der Waals surface area contributed by atoms with E-state index in [1.807, 2.05) is 18.2 Å². The Morgan fingerprint density at radius 1 is 1.23 bits per heavy atom. The molecule has 0 aliphatic carbocycles. The number of aliphatic carboxylic acids is 1. The lowest BCUT2D eigenvalue weighted by atomic mass is 10.1. The highest BCUT2D eigenvalue weighted by molar-refractivity contribution is 5.75. The van der Waals surface area contributed by atoms with Gasteiger partial charge in [-0.25, -0.2) is 4.79 Å². The van der Waals surface area contributed by atoms with Crippen molar-refractivity contribution in [2.75, 3.05) is 37.6 Å². The van der Waals surface area contributed by atoms with Crippen LogP contribution in [-0.4, -0.2) is 54.7 Å². The molecule has 1 aromatic rings. The van der Waals surface area contributed by atoms with Crippen LogP contribution < -0.4 is 10.2 Å². The van der Waals surface area contributed by atoms with Crippen LogP contribution in [0.3, 0.4) is 0 Å². The summed E-state index contributed by atoms with van der Waals surface area (Å²) in [6.07, 6.45) is -0.0821. The Kier molecular flexibility index (Phi) is 5.20. The number of nitriles is 1. The van der Waals surface area contributed by atoms with E-state index in [2.05, 4.69) is 16.3 Å². The lowest BCUT2D eigenvalue weighted by molar-refractivity contribution is -0.136. The number of nitrogens with one attached hydrogen (secondary N) is 1. The van der Waals surface area contributed by atoms with Gasteiger partial charge in [0.05, 0.1) is 17.7 Å². The van der Waals surface area contributed by atoms with Gasteiger partial charge in [0, 0.05) is 32.7 Å². The molecule has 0 saturated carbocycles. The minimum atomic E-state index is -0.932. The molecule has 7 nitrogen and oxygen atoms in total. The lowest BCUT2D eigenvalue weighted by Crippen LogP contribution is -2.52. The van der Waals surface area contributed by atoms with Crippen molar-refractivity contribution in [2.24, 2.45) is 0 Å². The molecule has 7 heteroatoms. The average Bonchev–Trinajstić information content (AvgIpc) is 2.54. The number of rotatable bonds is 4. The number of carboxylic acids is 1. The summed E-state index contributed by atoms with van der Waals surface area (Å²) in [5, 5.41) is 20.3. The highest BCUT2D eigenvalue weighted by Gasteiger charge is 2.22. The number of carboxylic acid groups (broad SMARTS) is 1. The first kappa shape index (κ1) is 15.6. The highest BCUT2D eigenvalue weighted by atomic mass is 16.4. The van der Waals surface area contributed by atoms with Gasteiger partial charge in [0.2, 0.25) is 0 Å². The van der Waals surface area contributed by atoms with Crippen LogP contribution in [0.15, 0.2) is 24.3 Å².